The van der Waals surface area contributed by atoms with Gasteiger partial charge in [0.1, 0.15) is 5.76 Å². The first-order chi connectivity index (χ1) is 14.0. The number of oxazole rings is 1. The van der Waals surface area contributed by atoms with E-state index in [-0.39, 0.29) is 23.6 Å². The average Bonchev–Trinajstić information content (AvgIpc) is 3.37. The highest BCUT2D eigenvalue weighted by Gasteiger charge is 2.21. The predicted molar refractivity (Wildman–Crippen MR) is 108 cm³/mol. The Morgan fingerprint density at radius 1 is 1.17 bits per heavy atom. The highest BCUT2D eigenvalue weighted by molar-refractivity contribution is 7.13. The second-order valence-electron chi connectivity index (χ2n) is 5.97. The molecule has 2 heterocycles. The first kappa shape index (κ1) is 20.4. The second-order valence-corrected chi connectivity index (χ2v) is 6.92. The summed E-state index contributed by atoms with van der Waals surface area (Å²) >= 11 is 1.50. The van der Waals surface area contributed by atoms with Crippen molar-refractivity contribution in [2.45, 2.75) is 13.3 Å². The first-order valence-corrected chi connectivity index (χ1v) is 9.49. The molecule has 0 spiro atoms. The molecule has 8 nitrogen and oxygen atoms in total. The molecule has 0 aliphatic rings. The molecule has 0 fully saturated rings. The van der Waals surface area contributed by atoms with E-state index in [2.05, 4.69) is 10.3 Å². The predicted octanol–water partition coefficient (Wildman–Crippen LogP) is 3.70. The smallest absolute Gasteiger partial charge is 0.340 e. The van der Waals surface area contributed by atoms with Crippen LogP contribution in [-0.2, 0) is 16.0 Å². The van der Waals surface area contributed by atoms with Gasteiger partial charge >= 0.3 is 5.97 Å². The van der Waals surface area contributed by atoms with E-state index >= 15 is 0 Å². The van der Waals surface area contributed by atoms with Gasteiger partial charge in [-0.25, -0.2) is 9.78 Å². The van der Waals surface area contributed by atoms with E-state index < -0.39 is 5.97 Å². The number of hydrogen-bond donors (Lipinski definition) is 1. The van der Waals surface area contributed by atoms with Gasteiger partial charge in [0.25, 0.3) is 0 Å². The maximum Gasteiger partial charge on any atom is 0.340 e. The van der Waals surface area contributed by atoms with Crippen LogP contribution in [0.2, 0.25) is 0 Å². The summed E-state index contributed by atoms with van der Waals surface area (Å²) in [5.74, 6) is 0.771. The number of anilines is 1. The van der Waals surface area contributed by atoms with Crippen molar-refractivity contribution in [3.05, 3.63) is 46.7 Å². The molecule has 0 unspecified atom stereocenters. The summed E-state index contributed by atoms with van der Waals surface area (Å²) in [4.78, 5) is 30.1. The number of hydrogen-bond acceptors (Lipinski definition) is 8. The minimum Gasteiger partial charge on any atom is -0.493 e. The van der Waals surface area contributed by atoms with Crippen LogP contribution in [0.25, 0.3) is 10.8 Å². The molecule has 0 saturated carbocycles. The standard InChI is InChI=1S/C20H20N2O6S/c1-11-13(22-19(28-11)17-6-5-7-29-17)10-18(23)21-14-9-16(26-3)15(25-2)8-12(14)20(24)27-4/h5-9H,10H2,1-4H3,(H,21,23). The summed E-state index contributed by atoms with van der Waals surface area (Å²) in [6.07, 6.45) is -0.0182. The van der Waals surface area contributed by atoms with Gasteiger partial charge in [-0.15, -0.1) is 11.3 Å². The van der Waals surface area contributed by atoms with Crippen LogP contribution in [0.4, 0.5) is 5.69 Å². The van der Waals surface area contributed by atoms with Crippen LogP contribution >= 0.6 is 11.3 Å². The van der Waals surface area contributed by atoms with Gasteiger partial charge in [-0.3, -0.25) is 4.79 Å². The van der Waals surface area contributed by atoms with E-state index in [9.17, 15) is 9.59 Å². The summed E-state index contributed by atoms with van der Waals surface area (Å²) < 4.78 is 20.9. The molecule has 2 aromatic heterocycles. The average molecular weight is 416 g/mol. The highest BCUT2D eigenvalue weighted by Crippen LogP contribution is 2.34. The third-order valence-electron chi connectivity index (χ3n) is 4.16. The summed E-state index contributed by atoms with van der Waals surface area (Å²) in [7, 11) is 4.18. The number of amides is 1. The SMILES string of the molecule is COC(=O)c1cc(OC)c(OC)cc1NC(=O)Cc1nc(-c2cccs2)oc1C. The van der Waals surface area contributed by atoms with E-state index in [1.165, 1.54) is 44.8 Å². The Hall–Kier alpha value is -3.33. The van der Waals surface area contributed by atoms with E-state index in [0.717, 1.165) is 4.88 Å². The molecule has 0 bridgehead atoms. The summed E-state index contributed by atoms with van der Waals surface area (Å²) in [5.41, 5.74) is 0.916. The molecule has 3 rings (SSSR count). The Labute approximate surface area is 171 Å². The van der Waals surface area contributed by atoms with Crippen LogP contribution in [0.1, 0.15) is 21.8 Å². The number of ether oxygens (including phenoxy) is 3. The van der Waals surface area contributed by atoms with Crippen LogP contribution < -0.4 is 14.8 Å². The number of carbonyl (C=O) groups excluding carboxylic acids is 2. The van der Waals surface area contributed by atoms with Crippen molar-refractivity contribution in [2.24, 2.45) is 0 Å². The number of aryl methyl sites for hydroxylation is 1. The van der Waals surface area contributed by atoms with Gasteiger partial charge in [-0.2, -0.15) is 0 Å². The monoisotopic (exact) mass is 416 g/mol. The Balaban J connectivity index is 1.84. The highest BCUT2D eigenvalue weighted by atomic mass is 32.1. The molecular formula is C20H20N2O6S. The molecule has 0 atom stereocenters. The Morgan fingerprint density at radius 3 is 2.52 bits per heavy atom. The quantitative estimate of drug-likeness (QED) is 0.586. The molecule has 0 saturated heterocycles. The lowest BCUT2D eigenvalue weighted by Gasteiger charge is -2.14. The van der Waals surface area contributed by atoms with Crippen LogP contribution in [0, 0.1) is 6.92 Å². The molecule has 1 amide bonds. The lowest BCUT2D eigenvalue weighted by atomic mass is 10.1. The molecule has 0 aliphatic heterocycles. The van der Waals surface area contributed by atoms with Crippen molar-refractivity contribution in [3.8, 4) is 22.3 Å². The molecule has 152 valence electrons. The van der Waals surface area contributed by atoms with Crippen molar-refractivity contribution in [1.82, 2.24) is 4.98 Å². The zero-order valence-corrected chi connectivity index (χ0v) is 17.2. The summed E-state index contributed by atoms with van der Waals surface area (Å²) in [5, 5.41) is 4.64. The largest absolute Gasteiger partial charge is 0.493 e. The third kappa shape index (κ3) is 4.40. The van der Waals surface area contributed by atoms with Gasteiger partial charge in [-0.1, -0.05) is 6.07 Å². The molecule has 1 N–H and O–H groups in total. The van der Waals surface area contributed by atoms with E-state index in [1.807, 2.05) is 17.5 Å². The molecular weight excluding hydrogens is 396 g/mol. The lowest BCUT2D eigenvalue weighted by molar-refractivity contribution is -0.115. The minimum absolute atomic E-state index is 0.0182. The van der Waals surface area contributed by atoms with Gasteiger partial charge < -0.3 is 23.9 Å². The third-order valence-corrected chi connectivity index (χ3v) is 5.01. The van der Waals surface area contributed by atoms with E-state index in [0.29, 0.717) is 28.8 Å². The van der Waals surface area contributed by atoms with Crippen LogP contribution in [-0.4, -0.2) is 38.2 Å². The van der Waals surface area contributed by atoms with E-state index in [1.54, 1.807) is 6.92 Å². The lowest BCUT2D eigenvalue weighted by Crippen LogP contribution is -2.18. The molecule has 3 aromatic rings. The number of nitrogens with zero attached hydrogens (tertiary/aromatic N) is 1. The van der Waals surface area contributed by atoms with Crippen molar-refractivity contribution in [3.63, 3.8) is 0 Å². The first-order valence-electron chi connectivity index (χ1n) is 8.61. The normalized spacial score (nSPS) is 10.5. The number of nitrogens with one attached hydrogen (secondary N) is 1. The number of esters is 1. The van der Waals surface area contributed by atoms with Crippen molar-refractivity contribution in [1.29, 1.82) is 0 Å². The zero-order chi connectivity index (χ0) is 21.0. The minimum atomic E-state index is -0.612. The van der Waals surface area contributed by atoms with Crippen LogP contribution in [0.15, 0.2) is 34.1 Å². The zero-order valence-electron chi connectivity index (χ0n) is 16.4. The fourth-order valence-corrected chi connectivity index (χ4v) is 3.35. The van der Waals surface area contributed by atoms with Gasteiger partial charge in [-0.05, 0) is 18.4 Å². The Kier molecular flexibility index (Phi) is 6.18. The van der Waals surface area contributed by atoms with Gasteiger partial charge in [0.15, 0.2) is 11.5 Å². The number of aromatic nitrogens is 1. The van der Waals surface area contributed by atoms with Crippen LogP contribution in [0.3, 0.4) is 0 Å². The maximum atomic E-state index is 12.6. The van der Waals surface area contributed by atoms with Crippen LogP contribution in [0.5, 0.6) is 11.5 Å². The van der Waals surface area contributed by atoms with Gasteiger partial charge in [0, 0.05) is 12.1 Å². The number of carbonyl (C=O) groups is 2. The Morgan fingerprint density at radius 2 is 1.90 bits per heavy atom. The molecule has 0 aliphatic carbocycles. The Bertz CT molecular complexity index is 1030. The van der Waals surface area contributed by atoms with Crippen molar-refractivity contribution >= 4 is 28.9 Å². The molecule has 1 aromatic carbocycles. The molecule has 0 radical (unpaired) electrons. The van der Waals surface area contributed by atoms with Gasteiger partial charge in [0.2, 0.25) is 11.8 Å². The number of benzene rings is 1. The second kappa shape index (κ2) is 8.78. The van der Waals surface area contributed by atoms with Gasteiger partial charge in [0.05, 0.1) is 49.6 Å². The van der Waals surface area contributed by atoms with Crippen molar-refractivity contribution in [2.75, 3.05) is 26.6 Å². The molecule has 29 heavy (non-hydrogen) atoms. The van der Waals surface area contributed by atoms with E-state index in [4.69, 9.17) is 18.6 Å². The molecule has 9 heteroatoms. The number of methoxy groups -OCH3 is 3. The number of rotatable bonds is 7. The fraction of sp³-hybridized carbons (Fsp3) is 0.250. The summed E-state index contributed by atoms with van der Waals surface area (Å²) in [6.45, 7) is 1.75. The topological polar surface area (TPSA) is 99.9 Å². The number of thiophene rings is 1. The van der Waals surface area contributed by atoms with Crippen molar-refractivity contribution < 1.29 is 28.2 Å². The fourth-order valence-electron chi connectivity index (χ4n) is 2.71. The summed E-state index contributed by atoms with van der Waals surface area (Å²) in [6, 6.07) is 6.76. The maximum absolute atomic E-state index is 12.6.